The number of nitrogens with one attached hydrogen (secondary N) is 1. The third-order valence-corrected chi connectivity index (χ3v) is 4.38. The third kappa shape index (κ3) is 4.08. The van der Waals surface area contributed by atoms with E-state index >= 15 is 0 Å². The fourth-order valence-corrected chi connectivity index (χ4v) is 2.95. The Morgan fingerprint density at radius 2 is 1.67 bits per heavy atom. The molecule has 0 saturated heterocycles. The van der Waals surface area contributed by atoms with Gasteiger partial charge in [-0.25, -0.2) is 4.39 Å². The summed E-state index contributed by atoms with van der Waals surface area (Å²) in [4.78, 5) is 12.3. The van der Waals surface area contributed by atoms with Crippen LogP contribution in [0.1, 0.15) is 11.1 Å². The molecule has 4 rings (SSSR count). The molecule has 1 aliphatic rings. The predicted molar refractivity (Wildman–Crippen MR) is 99.3 cm³/mol. The molecule has 1 N–H and O–H groups in total. The van der Waals surface area contributed by atoms with Crippen molar-refractivity contribution in [2.45, 2.75) is 19.1 Å². The molecule has 0 spiro atoms. The smallest absolute Gasteiger partial charge is 0.261 e. The molecule has 0 radical (unpaired) electrons. The summed E-state index contributed by atoms with van der Waals surface area (Å²) >= 11 is 0. The maximum atomic E-state index is 12.9. The Morgan fingerprint density at radius 1 is 1.00 bits per heavy atom. The zero-order valence-electron chi connectivity index (χ0n) is 14.5. The number of ether oxygens (including phenoxy) is 2. The van der Waals surface area contributed by atoms with E-state index in [0.717, 1.165) is 16.9 Å². The minimum Gasteiger partial charge on any atom is -0.480 e. The first kappa shape index (κ1) is 17.1. The third-order valence-electron chi connectivity index (χ3n) is 4.38. The normalized spacial score (nSPS) is 14.9. The summed E-state index contributed by atoms with van der Waals surface area (Å²) in [6, 6.07) is 20.9. The number of benzene rings is 3. The average molecular weight is 363 g/mol. The van der Waals surface area contributed by atoms with Crippen molar-refractivity contribution in [2.75, 3.05) is 0 Å². The van der Waals surface area contributed by atoms with Gasteiger partial charge in [0.1, 0.15) is 23.1 Å². The van der Waals surface area contributed by atoms with Crippen LogP contribution in [0.2, 0.25) is 0 Å². The van der Waals surface area contributed by atoms with E-state index in [1.807, 2.05) is 48.5 Å². The van der Waals surface area contributed by atoms with Crippen LogP contribution < -0.4 is 14.8 Å². The van der Waals surface area contributed by atoms with Crippen LogP contribution in [0.3, 0.4) is 0 Å². The minimum absolute atomic E-state index is 0.127. The fourth-order valence-electron chi connectivity index (χ4n) is 2.95. The van der Waals surface area contributed by atoms with Crippen LogP contribution in [0.5, 0.6) is 17.2 Å². The Balaban J connectivity index is 1.30. The van der Waals surface area contributed by atoms with E-state index in [1.165, 1.54) is 12.1 Å². The van der Waals surface area contributed by atoms with Gasteiger partial charge in [-0.15, -0.1) is 0 Å². The molecular weight excluding hydrogens is 345 g/mol. The Kier molecular flexibility index (Phi) is 4.75. The molecule has 1 aliphatic heterocycles. The second-order valence-corrected chi connectivity index (χ2v) is 6.34. The first-order chi connectivity index (χ1) is 13.2. The van der Waals surface area contributed by atoms with Crippen LogP contribution in [-0.4, -0.2) is 12.0 Å². The molecule has 5 heteroatoms. The van der Waals surface area contributed by atoms with Gasteiger partial charge in [-0.2, -0.15) is 0 Å². The van der Waals surface area contributed by atoms with Gasteiger partial charge in [0.15, 0.2) is 6.10 Å². The van der Waals surface area contributed by atoms with Crippen LogP contribution in [0.4, 0.5) is 4.39 Å². The van der Waals surface area contributed by atoms with Crippen LogP contribution in [0.15, 0.2) is 72.8 Å². The molecule has 1 atom stereocenters. The maximum absolute atomic E-state index is 12.9. The van der Waals surface area contributed by atoms with Crippen molar-refractivity contribution < 1.29 is 18.7 Å². The number of carbonyl (C=O) groups excluding carboxylic acids is 1. The molecular formula is C22H18FNO3. The van der Waals surface area contributed by atoms with E-state index in [4.69, 9.17) is 9.47 Å². The molecule has 4 nitrogen and oxygen atoms in total. The first-order valence-corrected chi connectivity index (χ1v) is 8.72. The number of fused-ring (bicyclic) bond motifs is 1. The van der Waals surface area contributed by atoms with Gasteiger partial charge in [-0.05, 0) is 53.6 Å². The molecule has 0 saturated carbocycles. The minimum atomic E-state index is -0.483. The van der Waals surface area contributed by atoms with Gasteiger partial charge in [0.25, 0.3) is 5.91 Å². The van der Waals surface area contributed by atoms with Crippen molar-refractivity contribution in [1.82, 2.24) is 5.32 Å². The van der Waals surface area contributed by atoms with Crippen molar-refractivity contribution in [3.05, 3.63) is 89.7 Å². The summed E-state index contributed by atoms with van der Waals surface area (Å²) in [6.07, 6.45) is 0.107. The number of hydrogen-bond donors (Lipinski definition) is 1. The van der Waals surface area contributed by atoms with Gasteiger partial charge in [0, 0.05) is 13.0 Å². The van der Waals surface area contributed by atoms with Crippen LogP contribution in [0, 0.1) is 5.82 Å². The van der Waals surface area contributed by atoms with Crippen molar-refractivity contribution in [3.63, 3.8) is 0 Å². The largest absolute Gasteiger partial charge is 0.480 e. The van der Waals surface area contributed by atoms with E-state index in [-0.39, 0.29) is 11.7 Å². The second-order valence-electron chi connectivity index (χ2n) is 6.34. The lowest BCUT2D eigenvalue weighted by Gasteiger charge is -2.12. The van der Waals surface area contributed by atoms with Gasteiger partial charge in [-0.1, -0.05) is 30.3 Å². The topological polar surface area (TPSA) is 47.6 Å². The molecule has 1 amide bonds. The van der Waals surface area contributed by atoms with Gasteiger partial charge in [-0.3, -0.25) is 4.79 Å². The van der Waals surface area contributed by atoms with Gasteiger partial charge in [0.2, 0.25) is 0 Å². The van der Waals surface area contributed by atoms with Crippen LogP contribution in [-0.2, 0) is 17.8 Å². The molecule has 0 bridgehead atoms. The molecule has 3 aromatic rings. The van der Waals surface area contributed by atoms with E-state index < -0.39 is 6.10 Å². The highest BCUT2D eigenvalue weighted by molar-refractivity contribution is 5.82. The monoisotopic (exact) mass is 363 g/mol. The molecule has 0 fully saturated rings. The summed E-state index contributed by atoms with van der Waals surface area (Å²) in [6.45, 7) is 0.409. The average Bonchev–Trinajstić information content (AvgIpc) is 3.13. The van der Waals surface area contributed by atoms with Crippen LogP contribution >= 0.6 is 0 Å². The maximum Gasteiger partial charge on any atom is 0.261 e. The molecule has 1 heterocycles. The molecule has 3 aromatic carbocycles. The quantitative estimate of drug-likeness (QED) is 0.738. The number of hydrogen-bond acceptors (Lipinski definition) is 3. The molecule has 27 heavy (non-hydrogen) atoms. The van der Waals surface area contributed by atoms with Gasteiger partial charge >= 0.3 is 0 Å². The highest BCUT2D eigenvalue weighted by atomic mass is 19.1. The van der Waals surface area contributed by atoms with Crippen molar-refractivity contribution >= 4 is 5.91 Å². The number of halogens is 1. The Morgan fingerprint density at radius 3 is 2.37 bits per heavy atom. The Hall–Kier alpha value is -3.34. The van der Waals surface area contributed by atoms with Gasteiger partial charge < -0.3 is 14.8 Å². The fraction of sp³-hybridized carbons (Fsp3) is 0.136. The SMILES string of the molecule is O=C(NCc1ccc(Oc2ccc(F)cc2)cc1)[C@H]1Cc2ccccc2O1. The van der Waals surface area contributed by atoms with E-state index in [0.29, 0.717) is 24.5 Å². The van der Waals surface area contributed by atoms with E-state index in [2.05, 4.69) is 5.32 Å². The summed E-state index contributed by atoms with van der Waals surface area (Å²) in [5.41, 5.74) is 2.00. The highest BCUT2D eigenvalue weighted by Crippen LogP contribution is 2.28. The van der Waals surface area contributed by atoms with Crippen LogP contribution in [0.25, 0.3) is 0 Å². The molecule has 0 aromatic heterocycles. The number of carbonyl (C=O) groups is 1. The van der Waals surface area contributed by atoms with Crippen molar-refractivity contribution in [1.29, 1.82) is 0 Å². The highest BCUT2D eigenvalue weighted by Gasteiger charge is 2.28. The molecule has 0 aliphatic carbocycles. The van der Waals surface area contributed by atoms with Crippen molar-refractivity contribution in [3.8, 4) is 17.2 Å². The lowest BCUT2D eigenvalue weighted by Crippen LogP contribution is -2.36. The van der Waals surface area contributed by atoms with Gasteiger partial charge in [0.05, 0.1) is 0 Å². The standard InChI is InChI=1S/C22H18FNO3/c23-17-7-11-19(12-8-17)26-18-9-5-15(6-10-18)14-24-22(25)21-13-16-3-1-2-4-20(16)27-21/h1-12,21H,13-14H2,(H,24,25)/t21-/m1/s1. The summed E-state index contributed by atoms with van der Waals surface area (Å²) < 4.78 is 24.3. The predicted octanol–water partition coefficient (Wildman–Crippen LogP) is 4.24. The summed E-state index contributed by atoms with van der Waals surface area (Å²) in [5.74, 6) is 1.56. The van der Waals surface area contributed by atoms with E-state index in [1.54, 1.807) is 12.1 Å². The summed E-state index contributed by atoms with van der Waals surface area (Å²) in [7, 11) is 0. The molecule has 0 unspecified atom stereocenters. The number of rotatable bonds is 5. The zero-order valence-corrected chi connectivity index (χ0v) is 14.5. The second kappa shape index (κ2) is 7.50. The van der Waals surface area contributed by atoms with Crippen molar-refractivity contribution in [2.24, 2.45) is 0 Å². The zero-order chi connectivity index (χ0) is 18.6. The summed E-state index contributed by atoms with van der Waals surface area (Å²) in [5, 5.41) is 2.90. The Bertz CT molecular complexity index is 914. The number of amides is 1. The number of para-hydroxylation sites is 1. The first-order valence-electron chi connectivity index (χ1n) is 8.72. The Labute approximate surface area is 156 Å². The lowest BCUT2D eigenvalue weighted by atomic mass is 10.1. The lowest BCUT2D eigenvalue weighted by molar-refractivity contribution is -0.127. The molecule has 136 valence electrons. The van der Waals surface area contributed by atoms with E-state index in [9.17, 15) is 9.18 Å².